The van der Waals surface area contributed by atoms with Crippen LogP contribution in [0.5, 0.6) is 0 Å². The van der Waals surface area contributed by atoms with Crippen LogP contribution in [0, 0.1) is 0 Å². The van der Waals surface area contributed by atoms with E-state index in [9.17, 15) is 8.42 Å². The van der Waals surface area contributed by atoms with E-state index in [2.05, 4.69) is 5.32 Å². The van der Waals surface area contributed by atoms with Crippen LogP contribution in [-0.4, -0.2) is 26.5 Å². The van der Waals surface area contributed by atoms with Gasteiger partial charge in [0.25, 0.3) is 0 Å². The summed E-state index contributed by atoms with van der Waals surface area (Å²) in [5, 5.41) is 2.89. The molecule has 17 heavy (non-hydrogen) atoms. The molecule has 1 saturated heterocycles. The van der Waals surface area contributed by atoms with Crippen molar-refractivity contribution in [2.24, 2.45) is 0 Å². The summed E-state index contributed by atoms with van der Waals surface area (Å²) < 4.78 is 24.2. The van der Waals surface area contributed by atoms with E-state index in [-0.39, 0.29) is 11.3 Å². The van der Waals surface area contributed by atoms with Crippen LogP contribution < -0.4 is 5.32 Å². The maximum absolute atomic E-state index is 12.1. The molecule has 2 atom stereocenters. The molecule has 0 aliphatic carbocycles. The summed E-state index contributed by atoms with van der Waals surface area (Å²) in [4.78, 5) is 0. The highest BCUT2D eigenvalue weighted by Crippen LogP contribution is 2.30. The molecule has 1 heterocycles. The molecule has 1 aliphatic heterocycles. The molecule has 4 heteroatoms. The smallest absolute Gasteiger partial charge is 0.155 e. The highest BCUT2D eigenvalue weighted by Gasteiger charge is 2.35. The van der Waals surface area contributed by atoms with Crippen molar-refractivity contribution in [3.05, 3.63) is 35.9 Å². The van der Waals surface area contributed by atoms with Gasteiger partial charge in [-0.05, 0) is 25.5 Å². The van der Waals surface area contributed by atoms with Crippen LogP contribution in [0.1, 0.15) is 30.9 Å². The number of nitrogens with one attached hydrogen (secondary N) is 1. The summed E-state index contributed by atoms with van der Waals surface area (Å²) in [7, 11) is -1.11. The number of sulfone groups is 1. The highest BCUT2D eigenvalue weighted by atomic mass is 32.2. The molecule has 1 aromatic carbocycles. The lowest BCUT2D eigenvalue weighted by Crippen LogP contribution is -2.39. The second-order valence-corrected chi connectivity index (χ2v) is 6.92. The van der Waals surface area contributed by atoms with Crippen LogP contribution in [0.3, 0.4) is 0 Å². The Morgan fingerprint density at radius 1 is 1.24 bits per heavy atom. The predicted octanol–water partition coefficient (Wildman–Crippen LogP) is 1.91. The average Bonchev–Trinajstić information content (AvgIpc) is 2.33. The van der Waals surface area contributed by atoms with Crippen molar-refractivity contribution in [2.45, 2.75) is 30.6 Å². The van der Waals surface area contributed by atoms with Crippen molar-refractivity contribution < 1.29 is 8.42 Å². The molecule has 0 spiro atoms. The number of hydrogen-bond donors (Lipinski definition) is 1. The van der Waals surface area contributed by atoms with Crippen molar-refractivity contribution in [1.29, 1.82) is 0 Å². The van der Waals surface area contributed by atoms with Crippen LogP contribution in [-0.2, 0) is 9.84 Å². The Morgan fingerprint density at radius 2 is 1.94 bits per heavy atom. The van der Waals surface area contributed by atoms with Gasteiger partial charge in [0.15, 0.2) is 9.84 Å². The monoisotopic (exact) mass is 253 g/mol. The molecule has 0 saturated carbocycles. The van der Waals surface area contributed by atoms with E-state index < -0.39 is 9.84 Å². The first-order chi connectivity index (χ1) is 8.15. The van der Waals surface area contributed by atoms with Crippen molar-refractivity contribution in [1.82, 2.24) is 5.32 Å². The zero-order valence-corrected chi connectivity index (χ0v) is 10.9. The number of rotatable bonds is 3. The molecule has 1 aromatic rings. The Balaban J connectivity index is 2.30. The fourth-order valence-electron chi connectivity index (χ4n) is 2.58. The van der Waals surface area contributed by atoms with Crippen LogP contribution >= 0.6 is 0 Å². The molecule has 0 aromatic heterocycles. The van der Waals surface area contributed by atoms with E-state index in [0.717, 1.165) is 24.8 Å². The largest absolute Gasteiger partial charge is 0.312 e. The average molecular weight is 253 g/mol. The minimum atomic E-state index is -2.95. The Labute approximate surface area is 103 Å². The minimum absolute atomic E-state index is 0.0819. The Hall–Kier alpha value is -0.870. The van der Waals surface area contributed by atoms with E-state index in [4.69, 9.17) is 0 Å². The summed E-state index contributed by atoms with van der Waals surface area (Å²) in [5.41, 5.74) is 1.06. The van der Waals surface area contributed by atoms with Gasteiger partial charge >= 0.3 is 0 Å². The van der Waals surface area contributed by atoms with Crippen molar-refractivity contribution in [3.63, 3.8) is 0 Å². The van der Waals surface area contributed by atoms with Gasteiger partial charge in [0.1, 0.15) is 0 Å². The lowest BCUT2D eigenvalue weighted by Gasteiger charge is -2.30. The van der Waals surface area contributed by atoms with Crippen molar-refractivity contribution in [2.75, 3.05) is 12.8 Å². The highest BCUT2D eigenvalue weighted by molar-refractivity contribution is 7.92. The zero-order chi connectivity index (χ0) is 12.3. The third-order valence-electron chi connectivity index (χ3n) is 3.47. The molecule has 1 aliphatic rings. The van der Waals surface area contributed by atoms with Gasteiger partial charge < -0.3 is 5.32 Å². The van der Waals surface area contributed by atoms with Gasteiger partial charge in [0.05, 0.1) is 11.0 Å². The molecule has 1 N–H and O–H groups in total. The molecule has 0 bridgehead atoms. The van der Waals surface area contributed by atoms with Gasteiger partial charge in [-0.15, -0.1) is 0 Å². The summed E-state index contributed by atoms with van der Waals surface area (Å²) in [6, 6.07) is 9.76. The maximum Gasteiger partial charge on any atom is 0.155 e. The Bertz CT molecular complexity index is 456. The standard InChI is InChI=1S/C13H19NO2S/c1-14-13(11-7-3-2-4-8-11)12-9-5-6-10-17(12,15)16/h2-4,7-8,12-14H,5-6,9-10H2,1H3. The maximum atomic E-state index is 12.1. The summed E-state index contributed by atoms with van der Waals surface area (Å²) in [5.74, 6) is 0.336. The predicted molar refractivity (Wildman–Crippen MR) is 69.7 cm³/mol. The zero-order valence-electron chi connectivity index (χ0n) is 10.1. The van der Waals surface area contributed by atoms with Gasteiger partial charge in [0.2, 0.25) is 0 Å². The van der Waals surface area contributed by atoms with Crippen molar-refractivity contribution in [3.8, 4) is 0 Å². The van der Waals surface area contributed by atoms with E-state index in [1.54, 1.807) is 0 Å². The molecule has 2 unspecified atom stereocenters. The second kappa shape index (κ2) is 5.19. The lowest BCUT2D eigenvalue weighted by atomic mass is 10.00. The van der Waals surface area contributed by atoms with Crippen LogP contribution in [0.15, 0.2) is 30.3 Å². The lowest BCUT2D eigenvalue weighted by molar-refractivity contribution is 0.469. The third-order valence-corrected chi connectivity index (χ3v) is 5.76. The third kappa shape index (κ3) is 2.69. The van der Waals surface area contributed by atoms with E-state index in [0.29, 0.717) is 5.75 Å². The van der Waals surface area contributed by atoms with Crippen LogP contribution in [0.25, 0.3) is 0 Å². The molecular weight excluding hydrogens is 234 g/mol. The molecule has 0 radical (unpaired) electrons. The number of benzene rings is 1. The van der Waals surface area contributed by atoms with Crippen LogP contribution in [0.4, 0.5) is 0 Å². The van der Waals surface area contributed by atoms with Crippen LogP contribution in [0.2, 0.25) is 0 Å². The summed E-state index contributed by atoms with van der Waals surface area (Å²) in [6.45, 7) is 0. The molecule has 0 amide bonds. The Morgan fingerprint density at radius 3 is 2.53 bits per heavy atom. The topological polar surface area (TPSA) is 46.2 Å². The molecule has 94 valence electrons. The quantitative estimate of drug-likeness (QED) is 0.895. The first-order valence-electron chi connectivity index (χ1n) is 6.09. The van der Waals surface area contributed by atoms with E-state index in [1.165, 1.54) is 0 Å². The van der Waals surface area contributed by atoms with Crippen molar-refractivity contribution >= 4 is 9.84 Å². The first-order valence-corrected chi connectivity index (χ1v) is 7.80. The minimum Gasteiger partial charge on any atom is -0.312 e. The SMILES string of the molecule is CNC(c1ccccc1)C1CCCCS1(=O)=O. The normalized spacial score (nSPS) is 25.4. The Kier molecular flexibility index (Phi) is 3.84. The van der Waals surface area contributed by atoms with Gasteiger partial charge in [0, 0.05) is 6.04 Å². The second-order valence-electron chi connectivity index (χ2n) is 4.58. The van der Waals surface area contributed by atoms with Gasteiger partial charge in [-0.3, -0.25) is 0 Å². The van der Waals surface area contributed by atoms with Gasteiger partial charge in [-0.25, -0.2) is 8.42 Å². The molecular formula is C13H19NO2S. The fourth-order valence-corrected chi connectivity index (χ4v) is 4.72. The summed E-state index contributed by atoms with van der Waals surface area (Å²) in [6.07, 6.45) is 2.59. The first kappa shape index (κ1) is 12.6. The fraction of sp³-hybridized carbons (Fsp3) is 0.538. The summed E-state index contributed by atoms with van der Waals surface area (Å²) >= 11 is 0. The van der Waals surface area contributed by atoms with Gasteiger partial charge in [-0.2, -0.15) is 0 Å². The molecule has 3 nitrogen and oxygen atoms in total. The van der Waals surface area contributed by atoms with E-state index >= 15 is 0 Å². The van der Waals surface area contributed by atoms with E-state index in [1.807, 2.05) is 37.4 Å². The number of hydrogen-bond acceptors (Lipinski definition) is 3. The molecule has 1 fully saturated rings. The van der Waals surface area contributed by atoms with Gasteiger partial charge in [-0.1, -0.05) is 36.8 Å². The molecule has 2 rings (SSSR count).